The van der Waals surface area contributed by atoms with Gasteiger partial charge in [-0.2, -0.15) is 13.2 Å². The molecule has 0 atom stereocenters. The predicted octanol–water partition coefficient (Wildman–Crippen LogP) is 2.01. The van der Waals surface area contributed by atoms with Gasteiger partial charge in [0.1, 0.15) is 6.61 Å². The topological polar surface area (TPSA) is 90.4 Å². The summed E-state index contributed by atoms with van der Waals surface area (Å²) in [5.41, 5.74) is 11.2. The fourth-order valence-electron chi connectivity index (χ4n) is 1.44. The van der Waals surface area contributed by atoms with Crippen LogP contribution in [0.4, 0.5) is 24.5 Å². The van der Waals surface area contributed by atoms with Gasteiger partial charge < -0.3 is 21.5 Å². The predicted molar refractivity (Wildman–Crippen MR) is 69.7 cm³/mol. The molecule has 0 heterocycles. The van der Waals surface area contributed by atoms with Gasteiger partial charge in [-0.15, -0.1) is 0 Å². The molecule has 20 heavy (non-hydrogen) atoms. The SMILES string of the molecule is NC(=O)c1cc(N)cc(Cl)c1NCCOCC(F)(F)F. The first kappa shape index (κ1) is 16.4. The third kappa shape index (κ3) is 5.14. The number of benzene rings is 1. The highest BCUT2D eigenvalue weighted by atomic mass is 35.5. The highest BCUT2D eigenvalue weighted by molar-refractivity contribution is 6.34. The minimum atomic E-state index is -4.38. The molecule has 1 amide bonds. The lowest BCUT2D eigenvalue weighted by molar-refractivity contribution is -0.172. The van der Waals surface area contributed by atoms with Crippen LogP contribution in [0.15, 0.2) is 12.1 Å². The van der Waals surface area contributed by atoms with E-state index in [0.717, 1.165) is 0 Å². The molecular formula is C11H13ClF3N3O2. The lowest BCUT2D eigenvalue weighted by Gasteiger charge is -2.13. The Morgan fingerprint density at radius 3 is 2.60 bits per heavy atom. The molecule has 0 radical (unpaired) electrons. The smallest absolute Gasteiger partial charge is 0.399 e. The Bertz CT molecular complexity index is 495. The number of alkyl halides is 3. The first-order valence-corrected chi connectivity index (χ1v) is 5.85. The number of amides is 1. The molecule has 9 heteroatoms. The number of anilines is 2. The molecule has 0 saturated carbocycles. The maximum Gasteiger partial charge on any atom is 0.411 e. The molecule has 0 fully saturated rings. The Balaban J connectivity index is 2.62. The second kappa shape index (κ2) is 6.67. The monoisotopic (exact) mass is 311 g/mol. The van der Waals surface area contributed by atoms with Crippen LogP contribution in [-0.2, 0) is 4.74 Å². The number of halogens is 4. The molecule has 1 aromatic carbocycles. The van der Waals surface area contributed by atoms with Crippen LogP contribution in [0.3, 0.4) is 0 Å². The summed E-state index contributed by atoms with van der Waals surface area (Å²) in [6.07, 6.45) is -4.38. The molecule has 5 N–H and O–H groups in total. The van der Waals surface area contributed by atoms with Crippen molar-refractivity contribution in [1.29, 1.82) is 0 Å². The van der Waals surface area contributed by atoms with Crippen molar-refractivity contribution in [2.45, 2.75) is 6.18 Å². The van der Waals surface area contributed by atoms with E-state index in [1.807, 2.05) is 0 Å². The zero-order chi connectivity index (χ0) is 15.3. The summed E-state index contributed by atoms with van der Waals surface area (Å²) in [5.74, 6) is -0.752. The van der Waals surface area contributed by atoms with Gasteiger partial charge in [0.05, 0.1) is 22.9 Å². The molecule has 0 aliphatic rings. The molecule has 0 aliphatic carbocycles. The number of ether oxygens (including phenoxy) is 1. The van der Waals surface area contributed by atoms with Gasteiger partial charge in [0.2, 0.25) is 0 Å². The van der Waals surface area contributed by atoms with E-state index in [2.05, 4.69) is 10.1 Å². The minimum Gasteiger partial charge on any atom is -0.399 e. The first-order valence-electron chi connectivity index (χ1n) is 5.48. The number of carbonyl (C=O) groups is 1. The zero-order valence-corrected chi connectivity index (χ0v) is 11.0. The summed E-state index contributed by atoms with van der Waals surface area (Å²) < 4.78 is 39.9. The Morgan fingerprint density at radius 1 is 1.40 bits per heavy atom. The molecule has 0 spiro atoms. The highest BCUT2D eigenvalue weighted by Crippen LogP contribution is 2.28. The molecule has 0 unspecified atom stereocenters. The second-order valence-corrected chi connectivity index (χ2v) is 4.29. The van der Waals surface area contributed by atoms with Crippen molar-refractivity contribution in [3.63, 3.8) is 0 Å². The Kier molecular flexibility index (Phi) is 5.46. The lowest BCUT2D eigenvalue weighted by atomic mass is 10.1. The number of primary amides is 1. The van der Waals surface area contributed by atoms with Gasteiger partial charge in [0, 0.05) is 12.2 Å². The van der Waals surface area contributed by atoms with Crippen LogP contribution < -0.4 is 16.8 Å². The van der Waals surface area contributed by atoms with E-state index < -0.39 is 18.7 Å². The van der Waals surface area contributed by atoms with Crippen molar-refractivity contribution in [2.75, 3.05) is 30.8 Å². The zero-order valence-electron chi connectivity index (χ0n) is 10.3. The highest BCUT2D eigenvalue weighted by Gasteiger charge is 2.27. The number of hydrogen-bond acceptors (Lipinski definition) is 4. The lowest BCUT2D eigenvalue weighted by Crippen LogP contribution is -2.21. The summed E-state index contributed by atoms with van der Waals surface area (Å²) in [6.45, 7) is -1.52. The number of nitrogens with one attached hydrogen (secondary N) is 1. The summed E-state index contributed by atoms with van der Waals surface area (Å²) in [6, 6.07) is 2.72. The van der Waals surface area contributed by atoms with Crippen molar-refractivity contribution in [3.05, 3.63) is 22.7 Å². The van der Waals surface area contributed by atoms with E-state index in [-0.39, 0.29) is 35.1 Å². The summed E-state index contributed by atoms with van der Waals surface area (Å²) in [5, 5.41) is 2.84. The van der Waals surface area contributed by atoms with Gasteiger partial charge in [0.25, 0.3) is 5.91 Å². The van der Waals surface area contributed by atoms with E-state index in [1.165, 1.54) is 12.1 Å². The third-order valence-corrected chi connectivity index (χ3v) is 2.49. The van der Waals surface area contributed by atoms with Gasteiger partial charge in [0.15, 0.2) is 0 Å². The molecule has 112 valence electrons. The number of rotatable bonds is 6. The summed E-state index contributed by atoms with van der Waals surface area (Å²) >= 11 is 5.89. The van der Waals surface area contributed by atoms with E-state index in [1.54, 1.807) is 0 Å². The van der Waals surface area contributed by atoms with Crippen LogP contribution in [0.1, 0.15) is 10.4 Å². The Morgan fingerprint density at radius 2 is 2.05 bits per heavy atom. The Hall–Kier alpha value is -1.67. The van der Waals surface area contributed by atoms with Crippen molar-refractivity contribution in [2.24, 2.45) is 5.73 Å². The van der Waals surface area contributed by atoms with Crippen molar-refractivity contribution in [3.8, 4) is 0 Å². The van der Waals surface area contributed by atoms with Crippen LogP contribution in [0.2, 0.25) is 5.02 Å². The average molecular weight is 312 g/mol. The van der Waals surface area contributed by atoms with Gasteiger partial charge in [-0.1, -0.05) is 11.6 Å². The molecular weight excluding hydrogens is 299 g/mol. The molecule has 1 aromatic rings. The molecule has 0 saturated heterocycles. The van der Waals surface area contributed by atoms with E-state index in [9.17, 15) is 18.0 Å². The standard InChI is InChI=1S/C11H13ClF3N3O2/c12-8-4-6(16)3-7(10(17)19)9(8)18-1-2-20-5-11(13,14)15/h3-4,18H,1-2,5,16H2,(H2,17,19). The van der Waals surface area contributed by atoms with E-state index in [4.69, 9.17) is 23.1 Å². The number of nitrogens with two attached hydrogens (primary N) is 2. The summed E-state index contributed by atoms with van der Waals surface area (Å²) in [4.78, 5) is 11.2. The minimum absolute atomic E-state index is 0.0278. The summed E-state index contributed by atoms with van der Waals surface area (Å²) in [7, 11) is 0. The number of nitrogen functional groups attached to an aromatic ring is 1. The molecule has 0 bridgehead atoms. The van der Waals surface area contributed by atoms with Crippen molar-refractivity contribution >= 4 is 28.9 Å². The van der Waals surface area contributed by atoms with Gasteiger partial charge in [-0.3, -0.25) is 4.79 Å². The molecule has 5 nitrogen and oxygen atoms in total. The first-order chi connectivity index (χ1) is 9.20. The molecule has 0 aliphatic heterocycles. The van der Waals surface area contributed by atoms with Crippen molar-refractivity contribution < 1.29 is 22.7 Å². The van der Waals surface area contributed by atoms with Crippen LogP contribution in [0.25, 0.3) is 0 Å². The van der Waals surface area contributed by atoms with Crippen molar-refractivity contribution in [1.82, 2.24) is 0 Å². The van der Waals surface area contributed by atoms with Crippen LogP contribution in [-0.4, -0.2) is 31.8 Å². The Labute approximate surface area is 118 Å². The van der Waals surface area contributed by atoms with Crippen LogP contribution >= 0.6 is 11.6 Å². The van der Waals surface area contributed by atoms with Gasteiger partial charge in [-0.05, 0) is 12.1 Å². The van der Waals surface area contributed by atoms with E-state index >= 15 is 0 Å². The maximum absolute atomic E-state index is 11.8. The number of carbonyl (C=O) groups excluding carboxylic acids is 1. The molecule has 0 aromatic heterocycles. The average Bonchev–Trinajstić information content (AvgIpc) is 2.28. The normalized spacial score (nSPS) is 11.4. The third-order valence-electron chi connectivity index (χ3n) is 2.19. The largest absolute Gasteiger partial charge is 0.411 e. The second-order valence-electron chi connectivity index (χ2n) is 3.88. The van der Waals surface area contributed by atoms with Crippen LogP contribution in [0.5, 0.6) is 0 Å². The van der Waals surface area contributed by atoms with Crippen LogP contribution in [0, 0.1) is 0 Å². The fourth-order valence-corrected chi connectivity index (χ4v) is 1.73. The molecule has 1 rings (SSSR count). The number of hydrogen-bond donors (Lipinski definition) is 3. The van der Waals surface area contributed by atoms with Gasteiger partial charge in [-0.25, -0.2) is 0 Å². The van der Waals surface area contributed by atoms with E-state index in [0.29, 0.717) is 0 Å². The fraction of sp³-hybridized carbons (Fsp3) is 0.364. The van der Waals surface area contributed by atoms with Gasteiger partial charge >= 0.3 is 6.18 Å². The maximum atomic E-state index is 11.8. The quantitative estimate of drug-likeness (QED) is 0.554.